The van der Waals surface area contributed by atoms with Gasteiger partial charge in [-0.25, -0.2) is 0 Å². The lowest BCUT2D eigenvalue weighted by molar-refractivity contribution is -0.384. The van der Waals surface area contributed by atoms with E-state index in [0.717, 1.165) is 22.4 Å². The van der Waals surface area contributed by atoms with Crippen molar-refractivity contribution in [1.82, 2.24) is 10.6 Å². The third kappa shape index (κ3) is 9.92. The second-order valence-corrected chi connectivity index (χ2v) is 12.8. The smallest absolute Gasteiger partial charge is 0.269 e. The zero-order chi connectivity index (χ0) is 37.6. The molecule has 274 valence electrons. The van der Waals surface area contributed by atoms with Gasteiger partial charge in [0.2, 0.25) is 11.8 Å². The topological polar surface area (TPSA) is 169 Å². The summed E-state index contributed by atoms with van der Waals surface area (Å²) in [6.07, 6.45) is 1.74. The number of rotatable bonds is 18. The number of carbonyl (C=O) groups excluding carboxylic acids is 2. The van der Waals surface area contributed by atoms with Gasteiger partial charge in [-0.15, -0.1) is 0 Å². The van der Waals surface area contributed by atoms with E-state index in [0.29, 0.717) is 42.6 Å². The number of methoxy groups -OCH3 is 1. The van der Waals surface area contributed by atoms with Gasteiger partial charge in [0, 0.05) is 17.8 Å². The molecule has 0 bridgehead atoms. The van der Waals surface area contributed by atoms with E-state index in [2.05, 4.69) is 52.3 Å². The number of hydrogen-bond donors (Lipinski definition) is 5. The fraction of sp³-hybridized carbons (Fsp3) is 0.238. The molecule has 5 rings (SSSR count). The van der Waals surface area contributed by atoms with Crippen LogP contribution in [0.1, 0.15) is 47.1 Å². The molecule has 5 aromatic rings. The highest BCUT2D eigenvalue weighted by atomic mass is 16.6. The number of amides is 2. The molecule has 11 heteroatoms. The Morgan fingerprint density at radius 1 is 0.774 bits per heavy atom. The van der Waals surface area contributed by atoms with E-state index in [9.17, 15) is 24.8 Å². The van der Waals surface area contributed by atoms with Crippen molar-refractivity contribution in [2.45, 2.75) is 49.9 Å². The van der Waals surface area contributed by atoms with Crippen molar-refractivity contribution in [2.75, 3.05) is 19.0 Å². The minimum absolute atomic E-state index is 0.0567. The van der Waals surface area contributed by atoms with Gasteiger partial charge in [0.25, 0.3) is 5.69 Å². The summed E-state index contributed by atoms with van der Waals surface area (Å²) < 4.78 is 5.46. The lowest BCUT2D eigenvalue weighted by Gasteiger charge is -2.37. The van der Waals surface area contributed by atoms with Crippen LogP contribution < -0.4 is 26.4 Å². The molecule has 0 saturated carbocycles. The summed E-state index contributed by atoms with van der Waals surface area (Å²) in [7, 11) is 1.64. The quantitative estimate of drug-likeness (QED) is 0.0326. The molecule has 0 aromatic heterocycles. The van der Waals surface area contributed by atoms with Crippen LogP contribution in [0.5, 0.6) is 5.75 Å². The van der Waals surface area contributed by atoms with Gasteiger partial charge < -0.3 is 26.2 Å². The number of carbonyl (C=O) groups is 2. The van der Waals surface area contributed by atoms with Crippen molar-refractivity contribution in [1.29, 1.82) is 0 Å². The first-order valence-corrected chi connectivity index (χ1v) is 17.5. The molecule has 0 spiro atoms. The van der Waals surface area contributed by atoms with Crippen molar-refractivity contribution in [3.8, 4) is 5.75 Å². The fourth-order valence-corrected chi connectivity index (χ4v) is 6.34. The maximum atomic E-state index is 13.6. The van der Waals surface area contributed by atoms with Crippen LogP contribution in [0.25, 0.3) is 0 Å². The number of benzene rings is 5. The number of nitrogens with one attached hydrogen (secondary N) is 3. The zero-order valence-corrected chi connectivity index (χ0v) is 29.6. The van der Waals surface area contributed by atoms with Crippen LogP contribution in [-0.2, 0) is 28.2 Å². The van der Waals surface area contributed by atoms with Gasteiger partial charge in [-0.3, -0.25) is 25.0 Å². The molecule has 0 fully saturated rings. The number of non-ortho nitro benzene ring substituents is 1. The number of nitro groups is 1. The lowest BCUT2D eigenvalue weighted by Crippen LogP contribution is -2.50. The maximum absolute atomic E-state index is 13.6. The molecule has 2 amide bonds. The number of ether oxygens (including phenoxy) is 1. The number of unbranched alkanes of at least 4 members (excludes halogenated alkanes) is 1. The van der Waals surface area contributed by atoms with Crippen molar-refractivity contribution in [3.05, 3.63) is 171 Å². The van der Waals surface area contributed by atoms with E-state index in [1.165, 1.54) is 12.1 Å². The molecule has 0 aliphatic heterocycles. The molecule has 6 N–H and O–H groups in total. The largest absolute Gasteiger partial charge is 0.497 e. The Morgan fingerprint density at radius 3 is 1.89 bits per heavy atom. The van der Waals surface area contributed by atoms with Gasteiger partial charge in [0.1, 0.15) is 11.8 Å². The van der Waals surface area contributed by atoms with Crippen LogP contribution in [0, 0.1) is 10.1 Å². The predicted molar refractivity (Wildman–Crippen MR) is 205 cm³/mol. The molecule has 0 aliphatic rings. The van der Waals surface area contributed by atoms with Crippen molar-refractivity contribution >= 4 is 23.2 Å². The average Bonchev–Trinajstić information content (AvgIpc) is 3.20. The molecule has 0 saturated heterocycles. The Hall–Kier alpha value is -5.88. The molecule has 2 atom stereocenters. The first-order valence-electron chi connectivity index (χ1n) is 17.5. The highest BCUT2D eigenvalue weighted by Crippen LogP contribution is 2.37. The summed E-state index contributed by atoms with van der Waals surface area (Å²) >= 11 is 0. The van der Waals surface area contributed by atoms with Gasteiger partial charge >= 0.3 is 0 Å². The Kier molecular flexibility index (Phi) is 13.4. The lowest BCUT2D eigenvalue weighted by atomic mass is 9.77. The first-order chi connectivity index (χ1) is 25.7. The van der Waals surface area contributed by atoms with E-state index in [4.69, 9.17) is 10.5 Å². The van der Waals surface area contributed by atoms with Crippen molar-refractivity contribution < 1.29 is 24.4 Å². The van der Waals surface area contributed by atoms with Gasteiger partial charge in [0.15, 0.2) is 0 Å². The molecular weight excluding hydrogens is 670 g/mol. The fourth-order valence-electron chi connectivity index (χ4n) is 6.34. The number of nitro benzene ring substituents is 1. The molecule has 5 aromatic carbocycles. The highest BCUT2D eigenvalue weighted by Gasteiger charge is 2.36. The van der Waals surface area contributed by atoms with Gasteiger partial charge in [-0.2, -0.15) is 0 Å². The van der Waals surface area contributed by atoms with E-state index in [1.54, 1.807) is 43.5 Å². The predicted octanol–water partition coefficient (Wildman–Crippen LogP) is 5.84. The Bertz CT molecular complexity index is 1880. The third-order valence-electron chi connectivity index (χ3n) is 9.22. The van der Waals surface area contributed by atoms with Gasteiger partial charge in [-0.1, -0.05) is 97.1 Å². The summed E-state index contributed by atoms with van der Waals surface area (Å²) in [6, 6.07) is 39.3. The van der Waals surface area contributed by atoms with Crippen molar-refractivity contribution in [2.24, 2.45) is 5.73 Å². The molecule has 0 aliphatic carbocycles. The second kappa shape index (κ2) is 18.6. The standard InChI is InChI=1S/C42H45N5O6/c1-53-37-25-19-34(20-26-37)42(32-10-4-2-5-11-32,33-12-6-3-7-13-33)44-27-9-8-14-39(41(50)45-35-21-15-31(29-48)16-22-35)46-40(49)38(43)28-30-17-23-36(24-18-30)47(51)52/h2-7,10-13,15-26,38-39,44,48H,8-9,14,27-29,43H2,1H3,(H,45,50)(H,46,49). The summed E-state index contributed by atoms with van der Waals surface area (Å²) in [6.45, 7) is 0.461. The molecular formula is C42H45N5O6. The summed E-state index contributed by atoms with van der Waals surface area (Å²) in [4.78, 5) is 37.5. The van der Waals surface area contributed by atoms with Crippen LogP contribution in [0.3, 0.4) is 0 Å². The first kappa shape index (κ1) is 38.4. The molecule has 0 heterocycles. The second-order valence-electron chi connectivity index (χ2n) is 12.8. The van der Waals surface area contributed by atoms with Crippen molar-refractivity contribution in [3.63, 3.8) is 0 Å². The van der Waals surface area contributed by atoms with E-state index in [1.807, 2.05) is 48.5 Å². The minimum atomic E-state index is -0.987. The maximum Gasteiger partial charge on any atom is 0.269 e. The Morgan fingerprint density at radius 2 is 1.34 bits per heavy atom. The number of hydrogen-bond acceptors (Lipinski definition) is 8. The van der Waals surface area contributed by atoms with Gasteiger partial charge in [0.05, 0.1) is 30.2 Å². The number of aliphatic hydroxyl groups excluding tert-OH is 1. The Balaban J connectivity index is 1.31. The normalized spacial score (nSPS) is 12.4. The number of anilines is 1. The molecule has 53 heavy (non-hydrogen) atoms. The summed E-state index contributed by atoms with van der Waals surface area (Å²) in [5.74, 6) is -0.150. The summed E-state index contributed by atoms with van der Waals surface area (Å²) in [5, 5.41) is 30.0. The zero-order valence-electron chi connectivity index (χ0n) is 29.6. The average molecular weight is 716 g/mol. The minimum Gasteiger partial charge on any atom is -0.497 e. The van der Waals surface area contributed by atoms with Crippen LogP contribution in [0.4, 0.5) is 11.4 Å². The number of nitrogens with two attached hydrogens (primary N) is 1. The number of aliphatic hydroxyl groups is 1. The molecule has 0 radical (unpaired) electrons. The van der Waals surface area contributed by atoms with Crippen LogP contribution in [0.15, 0.2) is 133 Å². The van der Waals surface area contributed by atoms with Crippen LogP contribution in [0.2, 0.25) is 0 Å². The molecule has 11 nitrogen and oxygen atoms in total. The van der Waals surface area contributed by atoms with E-state index >= 15 is 0 Å². The summed E-state index contributed by atoms with van der Waals surface area (Å²) in [5.41, 5.74) is 10.6. The van der Waals surface area contributed by atoms with Crippen LogP contribution >= 0.6 is 0 Å². The Labute approximate surface area is 309 Å². The highest BCUT2D eigenvalue weighted by molar-refractivity contribution is 5.97. The monoisotopic (exact) mass is 715 g/mol. The van der Waals surface area contributed by atoms with Gasteiger partial charge in [-0.05, 0) is 84.3 Å². The van der Waals surface area contributed by atoms with Crippen LogP contribution in [-0.4, -0.2) is 47.6 Å². The SMILES string of the molecule is COc1ccc(C(NCCCCC(NC(=O)C(N)Cc2ccc([N+](=O)[O-])cc2)C(=O)Nc2ccc(CO)cc2)(c2ccccc2)c2ccccc2)cc1. The number of nitrogens with zero attached hydrogens (tertiary/aromatic N) is 1. The molecule has 2 unspecified atom stereocenters. The third-order valence-corrected chi connectivity index (χ3v) is 9.22. The van der Waals surface area contributed by atoms with E-state index in [-0.39, 0.29) is 18.7 Å². The van der Waals surface area contributed by atoms with E-state index < -0.39 is 34.4 Å².